The number of aryl methyl sites for hydroxylation is 1. The molecule has 0 unspecified atom stereocenters. The van der Waals surface area contributed by atoms with Crippen LogP contribution < -0.4 is 10.6 Å². The van der Waals surface area contributed by atoms with E-state index in [-0.39, 0.29) is 5.91 Å². The number of nitrogens with one attached hydrogen (secondary N) is 2. The first-order valence-electron chi connectivity index (χ1n) is 7.37. The minimum absolute atomic E-state index is 0.0107. The van der Waals surface area contributed by atoms with Gasteiger partial charge in [0.05, 0.1) is 6.54 Å². The third-order valence-electron chi connectivity index (χ3n) is 3.90. The summed E-state index contributed by atoms with van der Waals surface area (Å²) in [6, 6.07) is 16.7. The molecule has 1 amide bonds. The maximum Gasteiger partial charge on any atom is 0.238 e. The third kappa shape index (κ3) is 3.50. The predicted octanol–water partition coefficient (Wildman–Crippen LogP) is 2.69. The number of carbonyl (C=O) groups excluding carboxylic acids is 1. The normalized spacial score (nSPS) is 14.0. The Morgan fingerprint density at radius 1 is 1.10 bits per heavy atom. The second-order valence-electron chi connectivity index (χ2n) is 5.67. The number of hydrogen-bond donors (Lipinski definition) is 2. The average Bonchev–Trinajstić information content (AvgIpc) is 2.88. The van der Waals surface area contributed by atoms with Crippen molar-refractivity contribution in [1.29, 1.82) is 0 Å². The molecule has 3 nitrogen and oxygen atoms in total. The summed E-state index contributed by atoms with van der Waals surface area (Å²) < 4.78 is 0. The summed E-state index contributed by atoms with van der Waals surface area (Å²) in [4.78, 5) is 12.0. The lowest BCUT2D eigenvalue weighted by Crippen LogP contribution is -2.36. The molecule has 2 aromatic carbocycles. The van der Waals surface area contributed by atoms with Crippen molar-refractivity contribution in [2.24, 2.45) is 0 Å². The van der Waals surface area contributed by atoms with Gasteiger partial charge in [0, 0.05) is 11.7 Å². The van der Waals surface area contributed by atoms with Gasteiger partial charge < -0.3 is 10.6 Å². The predicted molar refractivity (Wildman–Crippen MR) is 85.4 cm³/mol. The number of amides is 1. The Hall–Kier alpha value is -2.13. The molecule has 0 fully saturated rings. The Kier molecular flexibility index (Phi) is 4.02. The molecule has 2 aromatic rings. The maximum atomic E-state index is 12.0. The molecule has 0 bridgehead atoms. The van der Waals surface area contributed by atoms with Crippen LogP contribution in [0.2, 0.25) is 0 Å². The summed E-state index contributed by atoms with van der Waals surface area (Å²) in [5.41, 5.74) is 4.80. The first-order valence-corrected chi connectivity index (χ1v) is 7.37. The number of benzene rings is 2. The largest absolute Gasteiger partial charge is 0.325 e. The van der Waals surface area contributed by atoms with E-state index < -0.39 is 0 Å². The second kappa shape index (κ2) is 6.10. The average molecular weight is 280 g/mol. The Morgan fingerprint density at radius 2 is 1.81 bits per heavy atom. The molecule has 3 rings (SSSR count). The van der Waals surface area contributed by atoms with Gasteiger partial charge >= 0.3 is 0 Å². The molecule has 1 aliphatic rings. The van der Waals surface area contributed by atoms with Crippen LogP contribution in [0.1, 0.15) is 16.7 Å². The van der Waals surface area contributed by atoms with Crippen molar-refractivity contribution < 1.29 is 4.79 Å². The van der Waals surface area contributed by atoms with E-state index in [0.717, 1.165) is 24.1 Å². The highest BCUT2D eigenvalue weighted by molar-refractivity contribution is 5.92. The lowest BCUT2D eigenvalue weighted by Gasteiger charge is -2.12. The third-order valence-corrected chi connectivity index (χ3v) is 3.90. The highest BCUT2D eigenvalue weighted by Crippen LogP contribution is 2.21. The molecule has 0 atom stereocenters. The van der Waals surface area contributed by atoms with Crippen molar-refractivity contribution in [2.45, 2.75) is 25.8 Å². The van der Waals surface area contributed by atoms with Crippen LogP contribution >= 0.6 is 0 Å². The number of carbonyl (C=O) groups is 1. The molecule has 21 heavy (non-hydrogen) atoms. The molecule has 0 heterocycles. The van der Waals surface area contributed by atoms with Gasteiger partial charge in [-0.1, -0.05) is 36.4 Å². The lowest BCUT2D eigenvalue weighted by atomic mass is 10.1. The topological polar surface area (TPSA) is 41.1 Å². The van der Waals surface area contributed by atoms with Gasteiger partial charge in [-0.2, -0.15) is 0 Å². The molecule has 0 saturated heterocycles. The zero-order valence-electron chi connectivity index (χ0n) is 12.2. The molecule has 1 aliphatic carbocycles. The van der Waals surface area contributed by atoms with Gasteiger partial charge in [-0.15, -0.1) is 0 Å². The molecule has 2 N–H and O–H groups in total. The van der Waals surface area contributed by atoms with Crippen molar-refractivity contribution in [3.8, 4) is 0 Å². The first-order chi connectivity index (χ1) is 10.2. The van der Waals surface area contributed by atoms with Crippen molar-refractivity contribution >= 4 is 11.6 Å². The summed E-state index contributed by atoms with van der Waals surface area (Å²) >= 11 is 0. The van der Waals surface area contributed by atoms with Crippen LogP contribution in [0, 0.1) is 6.92 Å². The summed E-state index contributed by atoms with van der Waals surface area (Å²) in [5, 5.41) is 6.28. The van der Waals surface area contributed by atoms with Gasteiger partial charge in [0.2, 0.25) is 5.91 Å². The van der Waals surface area contributed by atoms with Gasteiger partial charge in [-0.05, 0) is 48.6 Å². The van der Waals surface area contributed by atoms with E-state index >= 15 is 0 Å². The van der Waals surface area contributed by atoms with Crippen LogP contribution in [0.5, 0.6) is 0 Å². The van der Waals surface area contributed by atoms with Crippen LogP contribution in [-0.2, 0) is 17.6 Å². The van der Waals surface area contributed by atoms with Crippen LogP contribution in [0.4, 0.5) is 5.69 Å². The summed E-state index contributed by atoms with van der Waals surface area (Å²) in [6.45, 7) is 2.37. The van der Waals surface area contributed by atoms with Crippen LogP contribution in [-0.4, -0.2) is 18.5 Å². The Morgan fingerprint density at radius 3 is 2.48 bits per heavy atom. The maximum absolute atomic E-state index is 12.0. The van der Waals surface area contributed by atoms with Gasteiger partial charge in [0.15, 0.2) is 0 Å². The SMILES string of the molecule is Cc1cccc(NC(=O)CNC2Cc3ccccc3C2)c1. The quantitative estimate of drug-likeness (QED) is 0.904. The number of anilines is 1. The zero-order valence-corrected chi connectivity index (χ0v) is 12.2. The second-order valence-corrected chi connectivity index (χ2v) is 5.67. The smallest absolute Gasteiger partial charge is 0.238 e. The molecular weight excluding hydrogens is 260 g/mol. The molecule has 0 saturated carbocycles. The molecular formula is C18H20N2O. The van der Waals surface area contributed by atoms with Gasteiger partial charge in [0.25, 0.3) is 0 Å². The Bertz CT molecular complexity index is 626. The molecule has 0 aromatic heterocycles. The molecule has 108 valence electrons. The van der Waals surface area contributed by atoms with Crippen molar-refractivity contribution in [3.63, 3.8) is 0 Å². The first kappa shape index (κ1) is 13.8. The summed E-state index contributed by atoms with van der Waals surface area (Å²) in [5.74, 6) is 0.0107. The molecule has 0 aliphatic heterocycles. The minimum atomic E-state index is 0.0107. The van der Waals surface area contributed by atoms with E-state index in [1.165, 1.54) is 11.1 Å². The zero-order chi connectivity index (χ0) is 14.7. The van der Waals surface area contributed by atoms with Gasteiger partial charge in [-0.25, -0.2) is 0 Å². The van der Waals surface area contributed by atoms with E-state index in [0.29, 0.717) is 12.6 Å². The molecule has 0 spiro atoms. The van der Waals surface area contributed by atoms with Gasteiger partial charge in [-0.3, -0.25) is 4.79 Å². The number of hydrogen-bond acceptors (Lipinski definition) is 2. The van der Waals surface area contributed by atoms with Gasteiger partial charge in [0.1, 0.15) is 0 Å². The Balaban J connectivity index is 1.49. The van der Waals surface area contributed by atoms with E-state index in [4.69, 9.17) is 0 Å². The fraction of sp³-hybridized carbons (Fsp3) is 0.278. The lowest BCUT2D eigenvalue weighted by molar-refractivity contribution is -0.115. The van der Waals surface area contributed by atoms with E-state index in [1.807, 2.05) is 31.2 Å². The molecule has 3 heteroatoms. The number of rotatable bonds is 4. The highest BCUT2D eigenvalue weighted by atomic mass is 16.1. The van der Waals surface area contributed by atoms with Crippen molar-refractivity contribution in [1.82, 2.24) is 5.32 Å². The van der Waals surface area contributed by atoms with Crippen LogP contribution in [0.3, 0.4) is 0 Å². The minimum Gasteiger partial charge on any atom is -0.325 e. The fourth-order valence-electron chi connectivity index (χ4n) is 2.87. The summed E-state index contributed by atoms with van der Waals surface area (Å²) in [7, 11) is 0. The highest BCUT2D eigenvalue weighted by Gasteiger charge is 2.20. The fourth-order valence-corrected chi connectivity index (χ4v) is 2.87. The number of fused-ring (bicyclic) bond motifs is 1. The standard InChI is InChI=1S/C18H20N2O/c1-13-5-4-8-16(9-13)20-18(21)12-19-17-10-14-6-2-3-7-15(14)11-17/h2-9,17,19H,10-12H2,1H3,(H,20,21). The van der Waals surface area contributed by atoms with E-state index in [2.05, 4.69) is 34.9 Å². The monoisotopic (exact) mass is 280 g/mol. The van der Waals surface area contributed by atoms with Crippen molar-refractivity contribution in [3.05, 3.63) is 65.2 Å². The van der Waals surface area contributed by atoms with Crippen molar-refractivity contribution in [2.75, 3.05) is 11.9 Å². The van der Waals surface area contributed by atoms with Crippen LogP contribution in [0.15, 0.2) is 48.5 Å². The van der Waals surface area contributed by atoms with E-state index in [9.17, 15) is 4.79 Å². The Labute approximate surface area is 125 Å². The van der Waals surface area contributed by atoms with Crippen LogP contribution in [0.25, 0.3) is 0 Å². The van der Waals surface area contributed by atoms with E-state index in [1.54, 1.807) is 0 Å². The molecule has 0 radical (unpaired) electrons. The summed E-state index contributed by atoms with van der Waals surface area (Å²) in [6.07, 6.45) is 2.02.